The molecule has 9 heteroatoms. The zero-order valence-electron chi connectivity index (χ0n) is 10.3. The van der Waals surface area contributed by atoms with Crippen LogP contribution in [0.15, 0.2) is 21.8 Å². The van der Waals surface area contributed by atoms with E-state index in [2.05, 4.69) is 26.1 Å². The van der Waals surface area contributed by atoms with Gasteiger partial charge in [0, 0.05) is 0 Å². The van der Waals surface area contributed by atoms with Crippen LogP contribution in [0, 0.1) is 12.7 Å². The van der Waals surface area contributed by atoms with E-state index in [1.54, 1.807) is 13.0 Å². The zero-order valence-corrected chi connectivity index (χ0v) is 12.7. The topological polar surface area (TPSA) is 94.0 Å². The fraction of sp³-hybridized carbons (Fsp3) is 0.182. The first-order chi connectivity index (χ1) is 9.40. The van der Waals surface area contributed by atoms with Gasteiger partial charge in [0.2, 0.25) is 5.95 Å². The number of benzene rings is 1. The summed E-state index contributed by atoms with van der Waals surface area (Å²) in [6.07, 6.45) is 0. The van der Waals surface area contributed by atoms with Crippen molar-refractivity contribution in [1.82, 2.24) is 14.8 Å². The Bertz CT molecular complexity index is 677. The van der Waals surface area contributed by atoms with Crippen molar-refractivity contribution in [3.63, 3.8) is 0 Å². The first-order valence-corrected chi connectivity index (χ1v) is 7.19. The molecule has 0 bridgehead atoms. The Kier molecular flexibility index (Phi) is 4.29. The van der Waals surface area contributed by atoms with Crippen LogP contribution in [0.3, 0.4) is 0 Å². The fourth-order valence-electron chi connectivity index (χ4n) is 1.60. The third-order valence-corrected chi connectivity index (χ3v) is 3.98. The number of hydrogen-bond acceptors (Lipinski definition) is 5. The van der Waals surface area contributed by atoms with Crippen LogP contribution in [0.25, 0.3) is 5.69 Å². The van der Waals surface area contributed by atoms with Crippen LogP contribution in [0.4, 0.5) is 10.3 Å². The number of aryl methyl sites for hydroxylation is 1. The minimum absolute atomic E-state index is 0.0720. The third kappa shape index (κ3) is 2.93. The summed E-state index contributed by atoms with van der Waals surface area (Å²) in [6.45, 7) is 1.78. The predicted octanol–water partition coefficient (Wildman–Crippen LogP) is 2.24. The number of hydrogen-bond donors (Lipinski definition) is 2. The van der Waals surface area contributed by atoms with Gasteiger partial charge >= 0.3 is 5.97 Å². The second kappa shape index (κ2) is 5.80. The summed E-state index contributed by atoms with van der Waals surface area (Å²) < 4.78 is 15.5. The maximum Gasteiger partial charge on any atom is 0.313 e. The lowest BCUT2D eigenvalue weighted by Crippen LogP contribution is -2.06. The molecule has 2 aromatic rings. The van der Waals surface area contributed by atoms with Crippen LogP contribution >= 0.6 is 27.7 Å². The number of nitrogens with zero attached hydrogens (tertiary/aromatic N) is 3. The molecule has 20 heavy (non-hydrogen) atoms. The first kappa shape index (κ1) is 14.8. The summed E-state index contributed by atoms with van der Waals surface area (Å²) >= 11 is 4.07. The number of carbonyl (C=O) groups is 1. The Morgan fingerprint density at radius 2 is 2.25 bits per heavy atom. The molecule has 0 fully saturated rings. The number of anilines is 1. The van der Waals surface area contributed by atoms with Gasteiger partial charge < -0.3 is 10.8 Å². The summed E-state index contributed by atoms with van der Waals surface area (Å²) in [4.78, 5) is 10.6. The highest BCUT2D eigenvalue weighted by molar-refractivity contribution is 9.10. The molecule has 3 N–H and O–H groups in total. The van der Waals surface area contributed by atoms with Crippen LogP contribution in [-0.4, -0.2) is 31.6 Å². The fourth-order valence-corrected chi connectivity index (χ4v) is 2.73. The van der Waals surface area contributed by atoms with Gasteiger partial charge in [0.05, 0.1) is 15.9 Å². The Balaban J connectivity index is 2.49. The van der Waals surface area contributed by atoms with Crippen LogP contribution < -0.4 is 5.73 Å². The highest BCUT2D eigenvalue weighted by atomic mass is 79.9. The summed E-state index contributed by atoms with van der Waals surface area (Å²) in [6, 6.07) is 2.90. The summed E-state index contributed by atoms with van der Waals surface area (Å²) in [7, 11) is 0. The van der Waals surface area contributed by atoms with Crippen molar-refractivity contribution >= 4 is 39.6 Å². The Labute approximate surface area is 126 Å². The first-order valence-electron chi connectivity index (χ1n) is 5.41. The maximum absolute atomic E-state index is 13.7. The van der Waals surface area contributed by atoms with Gasteiger partial charge in [-0.15, -0.1) is 10.2 Å². The van der Waals surface area contributed by atoms with E-state index in [4.69, 9.17) is 10.8 Å². The summed E-state index contributed by atoms with van der Waals surface area (Å²) in [5.41, 5.74) is 6.96. The molecule has 0 spiro atoms. The standard InChI is InChI=1S/C11H10BrFN4O2S/c1-5-2-6(12)7(13)3-8(5)17-10(14)15-16-11(17)20-4-9(18)19/h2-3H,4H2,1H3,(H2,14,15)(H,18,19). The van der Waals surface area contributed by atoms with E-state index in [0.717, 1.165) is 17.3 Å². The van der Waals surface area contributed by atoms with Crippen LogP contribution in [0.2, 0.25) is 0 Å². The molecule has 1 aromatic heterocycles. The van der Waals surface area contributed by atoms with Crippen molar-refractivity contribution in [3.05, 3.63) is 28.0 Å². The number of nitrogen functional groups attached to an aromatic ring is 1. The largest absolute Gasteiger partial charge is 0.481 e. The second-order valence-electron chi connectivity index (χ2n) is 3.91. The van der Waals surface area contributed by atoms with Gasteiger partial charge in [0.25, 0.3) is 0 Å². The lowest BCUT2D eigenvalue weighted by molar-refractivity contribution is -0.133. The van der Waals surface area contributed by atoms with Crippen LogP contribution in [0.1, 0.15) is 5.56 Å². The van der Waals surface area contributed by atoms with E-state index < -0.39 is 11.8 Å². The van der Waals surface area contributed by atoms with Crippen LogP contribution in [0.5, 0.6) is 0 Å². The van der Waals surface area contributed by atoms with Gasteiger partial charge in [-0.3, -0.25) is 9.36 Å². The molecule has 2 rings (SSSR count). The van der Waals surface area contributed by atoms with E-state index in [1.165, 1.54) is 10.6 Å². The highest BCUT2D eigenvalue weighted by Gasteiger charge is 2.16. The second-order valence-corrected chi connectivity index (χ2v) is 5.71. The Hall–Kier alpha value is -1.61. The van der Waals surface area contributed by atoms with E-state index in [0.29, 0.717) is 15.3 Å². The van der Waals surface area contributed by atoms with Gasteiger partial charge in [-0.05, 0) is 40.5 Å². The molecule has 6 nitrogen and oxygen atoms in total. The lowest BCUT2D eigenvalue weighted by Gasteiger charge is -2.11. The molecular weight excluding hydrogens is 351 g/mol. The average molecular weight is 361 g/mol. The van der Waals surface area contributed by atoms with Gasteiger partial charge in [0.15, 0.2) is 5.16 Å². The molecule has 1 aromatic carbocycles. The minimum Gasteiger partial charge on any atom is -0.481 e. The minimum atomic E-state index is -0.984. The molecule has 0 saturated heterocycles. The number of aliphatic carboxylic acids is 1. The number of thioether (sulfide) groups is 1. The average Bonchev–Trinajstić information content (AvgIpc) is 2.73. The summed E-state index contributed by atoms with van der Waals surface area (Å²) in [5.74, 6) is -1.55. The smallest absolute Gasteiger partial charge is 0.313 e. The van der Waals surface area contributed by atoms with Crippen LogP contribution in [-0.2, 0) is 4.79 Å². The van der Waals surface area contributed by atoms with E-state index in [9.17, 15) is 9.18 Å². The SMILES string of the molecule is Cc1cc(Br)c(F)cc1-n1c(N)nnc1SCC(=O)O. The zero-order chi connectivity index (χ0) is 14.9. The van der Waals surface area contributed by atoms with E-state index >= 15 is 0 Å². The molecule has 0 aliphatic heterocycles. The van der Waals surface area contributed by atoms with E-state index in [-0.39, 0.29) is 11.7 Å². The molecule has 0 saturated carbocycles. The molecule has 106 valence electrons. The Morgan fingerprint density at radius 1 is 1.55 bits per heavy atom. The predicted molar refractivity (Wildman–Crippen MR) is 76.5 cm³/mol. The maximum atomic E-state index is 13.7. The lowest BCUT2D eigenvalue weighted by atomic mass is 10.2. The van der Waals surface area contributed by atoms with Gasteiger partial charge in [-0.2, -0.15) is 0 Å². The summed E-state index contributed by atoms with van der Waals surface area (Å²) in [5, 5.41) is 16.5. The van der Waals surface area contributed by atoms with Crippen molar-refractivity contribution in [2.75, 3.05) is 11.5 Å². The van der Waals surface area contributed by atoms with Gasteiger partial charge in [-0.1, -0.05) is 11.8 Å². The number of halogens is 2. The number of aromatic nitrogens is 3. The number of carboxylic acids is 1. The Morgan fingerprint density at radius 3 is 2.90 bits per heavy atom. The molecule has 0 atom stereocenters. The number of carboxylic acid groups (broad SMARTS) is 1. The number of rotatable bonds is 4. The van der Waals surface area contributed by atoms with Crippen molar-refractivity contribution in [3.8, 4) is 5.69 Å². The van der Waals surface area contributed by atoms with Crippen molar-refractivity contribution in [2.24, 2.45) is 0 Å². The molecule has 0 amide bonds. The van der Waals surface area contributed by atoms with Crippen molar-refractivity contribution in [2.45, 2.75) is 12.1 Å². The molecule has 0 unspecified atom stereocenters. The van der Waals surface area contributed by atoms with Crippen molar-refractivity contribution < 1.29 is 14.3 Å². The number of nitrogens with two attached hydrogens (primary N) is 1. The normalized spacial score (nSPS) is 10.8. The van der Waals surface area contributed by atoms with Gasteiger partial charge in [-0.25, -0.2) is 4.39 Å². The highest BCUT2D eigenvalue weighted by Crippen LogP contribution is 2.28. The molecule has 0 aliphatic rings. The van der Waals surface area contributed by atoms with Gasteiger partial charge in [0.1, 0.15) is 5.82 Å². The van der Waals surface area contributed by atoms with Crippen molar-refractivity contribution in [1.29, 1.82) is 0 Å². The molecule has 0 aliphatic carbocycles. The van der Waals surface area contributed by atoms with E-state index in [1.807, 2.05) is 0 Å². The molecular formula is C11H10BrFN4O2S. The quantitative estimate of drug-likeness (QED) is 0.812. The monoisotopic (exact) mass is 360 g/mol. The third-order valence-electron chi connectivity index (χ3n) is 2.46. The molecule has 1 heterocycles. The molecule has 0 radical (unpaired) electrons.